The maximum Gasteiger partial charge on any atom is 0.411 e. The van der Waals surface area contributed by atoms with Gasteiger partial charge in [0.05, 0.1) is 12.2 Å². The number of primary amides is 1. The minimum atomic E-state index is -1.02. The number of amides is 1. The van der Waals surface area contributed by atoms with Gasteiger partial charge in [-0.1, -0.05) is 69.0 Å². The van der Waals surface area contributed by atoms with E-state index < -0.39 is 23.9 Å². The van der Waals surface area contributed by atoms with Crippen LogP contribution in [0.2, 0.25) is 0 Å². The van der Waals surface area contributed by atoms with Gasteiger partial charge in [-0.05, 0) is 60.9 Å². The molecule has 2 unspecified atom stereocenters. The Morgan fingerprint density at radius 1 is 1.13 bits per heavy atom. The van der Waals surface area contributed by atoms with Gasteiger partial charge in [0.1, 0.15) is 11.6 Å². The molecule has 3 rings (SSSR count). The Morgan fingerprint density at radius 3 is 2.21 bits per heavy atom. The maximum atomic E-state index is 13.7. The summed E-state index contributed by atoms with van der Waals surface area (Å²) >= 11 is 0. The molecule has 1 heterocycles. The summed E-state index contributed by atoms with van der Waals surface area (Å²) in [6, 6.07) is 13.6. The lowest BCUT2D eigenvalue weighted by Crippen LogP contribution is -2.50. The number of benzene rings is 2. The summed E-state index contributed by atoms with van der Waals surface area (Å²) in [6.07, 6.45) is 4.18. The Kier molecular flexibility index (Phi) is 12.2. The van der Waals surface area contributed by atoms with E-state index in [0.29, 0.717) is 17.6 Å². The predicted octanol–water partition coefficient (Wildman–Crippen LogP) is 7.63. The third-order valence-corrected chi connectivity index (χ3v) is 6.37. The van der Waals surface area contributed by atoms with Gasteiger partial charge in [-0.3, -0.25) is 10.3 Å². The highest BCUT2D eigenvalue weighted by Gasteiger charge is 2.37. The number of carbonyl (C=O) groups excluding carboxylic acids is 1. The molecule has 1 saturated heterocycles. The van der Waals surface area contributed by atoms with Gasteiger partial charge in [-0.2, -0.15) is 0 Å². The number of nitrogens with zero attached hydrogens (tertiary/aromatic N) is 1. The SMILES string of the molecule is C=C(/C=C\C=C(/CC)C(=N)OC(N)=O)C(c1ccccc1)N1CC(C(C)c2cc(F)cc(F)c2)C1.CC(C)F. The fraction of sp³-hybridized carbons (Fsp3) is 0.355. The lowest BCUT2D eigenvalue weighted by Gasteiger charge is -2.47. The highest BCUT2D eigenvalue weighted by Crippen LogP contribution is 2.39. The molecular formula is C31H38F3N3O2. The van der Waals surface area contributed by atoms with E-state index in [1.807, 2.05) is 50.3 Å². The van der Waals surface area contributed by atoms with Crippen LogP contribution in [0.4, 0.5) is 18.0 Å². The van der Waals surface area contributed by atoms with Crippen molar-refractivity contribution >= 4 is 12.0 Å². The third-order valence-electron chi connectivity index (χ3n) is 6.37. The first-order chi connectivity index (χ1) is 18.4. The van der Waals surface area contributed by atoms with E-state index >= 15 is 0 Å². The molecule has 2 aromatic carbocycles. The van der Waals surface area contributed by atoms with Gasteiger partial charge in [0.15, 0.2) is 0 Å². The van der Waals surface area contributed by atoms with Gasteiger partial charge in [-0.15, -0.1) is 0 Å². The van der Waals surface area contributed by atoms with Crippen molar-refractivity contribution in [1.82, 2.24) is 4.90 Å². The molecule has 39 heavy (non-hydrogen) atoms. The summed E-state index contributed by atoms with van der Waals surface area (Å²) in [5.74, 6) is -1.11. The number of hydrogen-bond donors (Lipinski definition) is 2. The highest BCUT2D eigenvalue weighted by atomic mass is 19.1. The number of alkyl halides is 1. The Labute approximate surface area is 229 Å². The lowest BCUT2D eigenvalue weighted by atomic mass is 9.80. The number of halogens is 3. The summed E-state index contributed by atoms with van der Waals surface area (Å²) in [7, 11) is 0. The topological polar surface area (TPSA) is 79.4 Å². The fourth-order valence-corrected chi connectivity index (χ4v) is 4.38. The maximum absolute atomic E-state index is 13.7. The Morgan fingerprint density at radius 2 is 1.69 bits per heavy atom. The van der Waals surface area contributed by atoms with Crippen molar-refractivity contribution in [3.63, 3.8) is 0 Å². The lowest BCUT2D eigenvalue weighted by molar-refractivity contribution is 0.0548. The Bertz CT molecular complexity index is 1170. The molecule has 0 saturated carbocycles. The van der Waals surface area contributed by atoms with Crippen LogP contribution in [0.3, 0.4) is 0 Å². The molecule has 210 valence electrons. The van der Waals surface area contributed by atoms with E-state index in [-0.39, 0.29) is 23.8 Å². The summed E-state index contributed by atoms with van der Waals surface area (Å²) in [6.45, 7) is 12.7. The molecule has 0 spiro atoms. The van der Waals surface area contributed by atoms with Crippen LogP contribution in [0.25, 0.3) is 0 Å². The standard InChI is InChI=1S/C28H31F2N3O2.C3H7F/c1-4-20(27(31)35-28(32)34)12-8-9-18(2)26(21-10-6-5-7-11-21)33-16-23(17-33)19(3)22-13-24(29)15-25(30)14-22;1-3(2)4/h5-15,19,23,26,31H,2,4,16-17H2,1,3H3,(H2,32,34);3H,1-2H3/b9-8-,20-12+,31-27?;. The summed E-state index contributed by atoms with van der Waals surface area (Å²) in [4.78, 5) is 13.2. The molecule has 0 radical (unpaired) electrons. The number of nitrogens with two attached hydrogens (primary N) is 1. The number of rotatable bonds is 9. The average Bonchev–Trinajstić information content (AvgIpc) is 2.82. The number of likely N-dealkylation sites (tertiary alicyclic amines) is 1. The number of nitrogens with one attached hydrogen (secondary N) is 1. The minimum absolute atomic E-state index is 0.0167. The molecule has 1 fully saturated rings. The van der Waals surface area contributed by atoms with Crippen molar-refractivity contribution in [2.75, 3.05) is 13.1 Å². The quantitative estimate of drug-likeness (QED) is 0.195. The van der Waals surface area contributed by atoms with Gasteiger partial charge in [0.2, 0.25) is 5.90 Å². The minimum Gasteiger partial charge on any atom is -0.392 e. The zero-order valence-corrected chi connectivity index (χ0v) is 23.0. The third kappa shape index (κ3) is 9.87. The molecule has 8 heteroatoms. The number of ether oxygens (including phenoxy) is 1. The van der Waals surface area contributed by atoms with E-state index in [0.717, 1.165) is 30.3 Å². The molecule has 2 atom stereocenters. The zero-order chi connectivity index (χ0) is 29.1. The van der Waals surface area contributed by atoms with Gasteiger partial charge >= 0.3 is 6.09 Å². The van der Waals surface area contributed by atoms with Crippen LogP contribution in [-0.4, -0.2) is 36.2 Å². The van der Waals surface area contributed by atoms with E-state index in [1.165, 1.54) is 26.0 Å². The second kappa shape index (κ2) is 15.1. The van der Waals surface area contributed by atoms with Crippen molar-refractivity contribution < 1.29 is 22.7 Å². The van der Waals surface area contributed by atoms with Crippen molar-refractivity contribution in [1.29, 1.82) is 5.41 Å². The summed E-state index contributed by atoms with van der Waals surface area (Å²) in [5.41, 5.74) is 8.15. The zero-order valence-electron chi connectivity index (χ0n) is 23.0. The first kappa shape index (κ1) is 31.6. The van der Waals surface area contributed by atoms with Crippen LogP contribution in [0, 0.1) is 23.0 Å². The Balaban J connectivity index is 0.00000124. The highest BCUT2D eigenvalue weighted by molar-refractivity contribution is 5.97. The van der Waals surface area contributed by atoms with Crippen LogP contribution in [0.1, 0.15) is 57.2 Å². The van der Waals surface area contributed by atoms with Crippen molar-refractivity contribution in [3.8, 4) is 0 Å². The monoisotopic (exact) mass is 541 g/mol. The molecule has 5 nitrogen and oxygen atoms in total. The molecule has 1 aliphatic rings. The molecule has 0 aliphatic carbocycles. The molecule has 2 aromatic rings. The van der Waals surface area contributed by atoms with E-state index in [2.05, 4.69) is 16.2 Å². The van der Waals surface area contributed by atoms with Gasteiger partial charge in [0.25, 0.3) is 0 Å². The first-order valence-electron chi connectivity index (χ1n) is 12.9. The average molecular weight is 542 g/mol. The van der Waals surface area contributed by atoms with Crippen molar-refractivity contribution in [2.24, 2.45) is 11.7 Å². The molecule has 0 aromatic heterocycles. The normalized spacial score (nSPS) is 15.7. The van der Waals surface area contributed by atoms with Crippen molar-refractivity contribution in [2.45, 2.75) is 52.2 Å². The number of carbonyl (C=O) groups is 1. The molecule has 1 aliphatic heterocycles. The first-order valence-corrected chi connectivity index (χ1v) is 12.9. The van der Waals surface area contributed by atoms with Gasteiger partial charge in [0, 0.05) is 24.7 Å². The van der Waals surface area contributed by atoms with Crippen LogP contribution in [-0.2, 0) is 4.74 Å². The van der Waals surface area contributed by atoms with E-state index in [9.17, 15) is 18.0 Å². The van der Waals surface area contributed by atoms with Crippen LogP contribution >= 0.6 is 0 Å². The fourth-order valence-electron chi connectivity index (χ4n) is 4.38. The van der Waals surface area contributed by atoms with Crippen LogP contribution in [0.15, 0.2) is 84.5 Å². The molecule has 0 bridgehead atoms. The van der Waals surface area contributed by atoms with Gasteiger partial charge < -0.3 is 10.5 Å². The van der Waals surface area contributed by atoms with E-state index in [4.69, 9.17) is 11.1 Å². The molecule has 1 amide bonds. The molecular weight excluding hydrogens is 503 g/mol. The van der Waals surface area contributed by atoms with Crippen molar-refractivity contribution in [3.05, 3.63) is 107 Å². The Hall–Kier alpha value is -3.65. The smallest absolute Gasteiger partial charge is 0.392 e. The van der Waals surface area contributed by atoms with Gasteiger partial charge in [-0.25, -0.2) is 18.0 Å². The largest absolute Gasteiger partial charge is 0.411 e. The summed E-state index contributed by atoms with van der Waals surface area (Å²) in [5, 5.41) is 7.85. The predicted molar refractivity (Wildman–Crippen MR) is 150 cm³/mol. The van der Waals surface area contributed by atoms with E-state index in [1.54, 1.807) is 12.2 Å². The van der Waals surface area contributed by atoms with Crippen LogP contribution in [0.5, 0.6) is 0 Å². The second-order valence-corrected chi connectivity index (χ2v) is 9.76. The molecule has 3 N–H and O–H groups in total. The number of hydrogen-bond acceptors (Lipinski definition) is 4. The second-order valence-electron chi connectivity index (χ2n) is 9.76. The van der Waals surface area contributed by atoms with Crippen LogP contribution < -0.4 is 5.73 Å². The number of allylic oxidation sites excluding steroid dienone is 2. The summed E-state index contributed by atoms with van der Waals surface area (Å²) < 4.78 is 43.1.